The molecule has 3 rings (SSSR count). The molecule has 3 heteroatoms. The van der Waals surface area contributed by atoms with Gasteiger partial charge in [-0.3, -0.25) is 4.84 Å². The number of alkyl halides is 1. The Bertz CT molecular complexity index is 235. The molecule has 0 aromatic carbocycles. The first kappa shape index (κ1) is 9.85. The lowest BCUT2D eigenvalue weighted by molar-refractivity contribution is -0.204. The highest BCUT2D eigenvalue weighted by Gasteiger charge is 2.55. The van der Waals surface area contributed by atoms with E-state index in [1.54, 1.807) is 0 Å². The van der Waals surface area contributed by atoms with Crippen LogP contribution in [0.15, 0.2) is 0 Å². The van der Waals surface area contributed by atoms with Gasteiger partial charge < -0.3 is 0 Å². The normalized spacial score (nSPS) is 47.8. The Kier molecular flexibility index (Phi) is 2.53. The van der Waals surface area contributed by atoms with E-state index in [1.807, 2.05) is 0 Å². The first-order valence-electron chi connectivity index (χ1n) is 5.85. The fraction of sp³-hybridized carbons (Fsp3) is 1.00. The first-order valence-corrected chi connectivity index (χ1v) is 7.37. The molecule has 2 heterocycles. The summed E-state index contributed by atoms with van der Waals surface area (Å²) in [5.74, 6) is 0.855. The summed E-state index contributed by atoms with van der Waals surface area (Å²) in [5, 5.41) is 2.42. The summed E-state index contributed by atoms with van der Waals surface area (Å²) in [6.07, 6.45) is 8.39. The molecule has 2 saturated heterocycles. The maximum atomic E-state index is 5.95. The Hall–Kier alpha value is 0.650. The van der Waals surface area contributed by atoms with Crippen LogP contribution in [0.3, 0.4) is 0 Å². The molecule has 14 heavy (non-hydrogen) atoms. The zero-order valence-corrected chi connectivity index (χ0v) is 10.7. The highest BCUT2D eigenvalue weighted by molar-refractivity contribution is 14.1. The van der Waals surface area contributed by atoms with Crippen LogP contribution in [0.4, 0.5) is 0 Å². The molecular formula is C11H18INO. The van der Waals surface area contributed by atoms with Crippen molar-refractivity contribution >= 4 is 22.6 Å². The second-order valence-electron chi connectivity index (χ2n) is 5.01. The van der Waals surface area contributed by atoms with Gasteiger partial charge in [0, 0.05) is 16.4 Å². The molecular weight excluding hydrogens is 289 g/mol. The predicted octanol–water partition coefficient (Wildman–Crippen LogP) is 2.76. The van der Waals surface area contributed by atoms with Gasteiger partial charge in [0.05, 0.1) is 12.1 Å². The van der Waals surface area contributed by atoms with Crippen LogP contribution in [0.5, 0.6) is 0 Å². The van der Waals surface area contributed by atoms with E-state index in [9.17, 15) is 0 Å². The SMILES string of the molecule is IC[C@H]1CCC[C@]23CCC[C@H]2CON13. The Morgan fingerprint density at radius 3 is 2.86 bits per heavy atom. The summed E-state index contributed by atoms with van der Waals surface area (Å²) in [5.41, 5.74) is 0.480. The van der Waals surface area contributed by atoms with Crippen molar-refractivity contribution in [1.29, 1.82) is 0 Å². The Morgan fingerprint density at radius 2 is 2.07 bits per heavy atom. The second kappa shape index (κ2) is 3.59. The summed E-state index contributed by atoms with van der Waals surface area (Å²) in [6, 6.07) is 0.701. The highest BCUT2D eigenvalue weighted by Crippen LogP contribution is 2.52. The van der Waals surface area contributed by atoms with Crippen molar-refractivity contribution in [3.63, 3.8) is 0 Å². The third-order valence-corrected chi connectivity index (χ3v) is 5.45. The molecule has 3 atom stereocenters. The van der Waals surface area contributed by atoms with E-state index in [-0.39, 0.29) is 0 Å². The molecule has 2 aliphatic heterocycles. The smallest absolute Gasteiger partial charge is 0.0732 e. The number of hydrogen-bond donors (Lipinski definition) is 0. The molecule has 0 unspecified atom stereocenters. The zero-order chi connectivity index (χ0) is 9.60. The van der Waals surface area contributed by atoms with Gasteiger partial charge in [-0.15, -0.1) is 0 Å². The lowest BCUT2D eigenvalue weighted by atomic mass is 9.79. The lowest BCUT2D eigenvalue weighted by Crippen LogP contribution is -2.53. The summed E-state index contributed by atoms with van der Waals surface area (Å²) in [7, 11) is 0. The van der Waals surface area contributed by atoms with Crippen molar-refractivity contribution < 1.29 is 4.84 Å². The molecule has 3 fully saturated rings. The van der Waals surface area contributed by atoms with E-state index >= 15 is 0 Å². The van der Waals surface area contributed by atoms with Gasteiger partial charge in [0.25, 0.3) is 0 Å². The van der Waals surface area contributed by atoms with Crippen molar-refractivity contribution in [3.8, 4) is 0 Å². The van der Waals surface area contributed by atoms with Crippen molar-refractivity contribution in [1.82, 2.24) is 5.06 Å². The molecule has 0 aromatic rings. The minimum atomic E-state index is 0.480. The van der Waals surface area contributed by atoms with Crippen LogP contribution in [0, 0.1) is 5.92 Å². The molecule has 1 spiro atoms. The van der Waals surface area contributed by atoms with Gasteiger partial charge in [-0.2, -0.15) is 5.06 Å². The van der Waals surface area contributed by atoms with E-state index in [2.05, 4.69) is 27.7 Å². The zero-order valence-electron chi connectivity index (χ0n) is 8.54. The van der Waals surface area contributed by atoms with Crippen LogP contribution in [-0.2, 0) is 4.84 Å². The average molecular weight is 307 g/mol. The maximum absolute atomic E-state index is 5.95. The number of hydroxylamine groups is 2. The van der Waals surface area contributed by atoms with E-state index in [1.165, 1.54) is 43.0 Å². The number of hydrogen-bond acceptors (Lipinski definition) is 2. The molecule has 0 radical (unpaired) electrons. The molecule has 2 nitrogen and oxygen atoms in total. The lowest BCUT2D eigenvalue weighted by Gasteiger charge is -2.44. The van der Waals surface area contributed by atoms with Crippen LogP contribution >= 0.6 is 22.6 Å². The van der Waals surface area contributed by atoms with Crippen molar-refractivity contribution in [2.75, 3.05) is 11.0 Å². The topological polar surface area (TPSA) is 12.5 Å². The Balaban J connectivity index is 1.89. The van der Waals surface area contributed by atoms with Crippen LogP contribution in [0.2, 0.25) is 0 Å². The standard InChI is InChI=1S/C11H18INO/c12-7-10-4-2-6-11-5-1-3-9(11)8-14-13(10)11/h9-10H,1-8H2/t9-,10+,11+/m0/s1. The quantitative estimate of drug-likeness (QED) is 0.545. The van der Waals surface area contributed by atoms with Gasteiger partial charge in [0.15, 0.2) is 0 Å². The van der Waals surface area contributed by atoms with E-state index in [4.69, 9.17) is 4.84 Å². The largest absolute Gasteiger partial charge is 0.298 e. The predicted molar refractivity (Wildman–Crippen MR) is 64.4 cm³/mol. The van der Waals surface area contributed by atoms with Gasteiger partial charge in [-0.25, -0.2) is 0 Å². The summed E-state index contributed by atoms with van der Waals surface area (Å²) in [6.45, 7) is 1.01. The average Bonchev–Trinajstić information content (AvgIpc) is 2.72. The second-order valence-corrected chi connectivity index (χ2v) is 5.90. The number of rotatable bonds is 1. The van der Waals surface area contributed by atoms with Gasteiger partial charge in [-0.1, -0.05) is 29.0 Å². The monoisotopic (exact) mass is 307 g/mol. The summed E-state index contributed by atoms with van der Waals surface area (Å²) >= 11 is 2.51. The fourth-order valence-corrected chi connectivity index (χ4v) is 4.56. The molecule has 3 aliphatic rings. The van der Waals surface area contributed by atoms with Crippen molar-refractivity contribution in [3.05, 3.63) is 0 Å². The van der Waals surface area contributed by atoms with Crippen LogP contribution in [0.25, 0.3) is 0 Å². The molecule has 0 amide bonds. The molecule has 0 N–H and O–H groups in total. The van der Waals surface area contributed by atoms with E-state index < -0.39 is 0 Å². The highest BCUT2D eigenvalue weighted by atomic mass is 127. The van der Waals surface area contributed by atoms with Gasteiger partial charge in [-0.05, 0) is 32.1 Å². The van der Waals surface area contributed by atoms with Gasteiger partial charge in [0.1, 0.15) is 0 Å². The molecule has 1 aliphatic carbocycles. The molecule has 0 bridgehead atoms. The Morgan fingerprint density at radius 1 is 1.29 bits per heavy atom. The molecule has 1 saturated carbocycles. The van der Waals surface area contributed by atoms with Crippen molar-refractivity contribution in [2.24, 2.45) is 5.92 Å². The molecule has 80 valence electrons. The maximum Gasteiger partial charge on any atom is 0.0732 e. The minimum Gasteiger partial charge on any atom is -0.298 e. The fourth-order valence-electron chi connectivity index (χ4n) is 3.76. The van der Waals surface area contributed by atoms with Gasteiger partial charge in [0.2, 0.25) is 0 Å². The van der Waals surface area contributed by atoms with Crippen LogP contribution < -0.4 is 0 Å². The Labute approximate surface area is 99.5 Å². The van der Waals surface area contributed by atoms with Crippen LogP contribution in [-0.4, -0.2) is 27.7 Å². The third-order valence-electron chi connectivity index (χ3n) is 4.43. The summed E-state index contributed by atoms with van der Waals surface area (Å²) < 4.78 is 1.23. The molecule has 0 aromatic heterocycles. The van der Waals surface area contributed by atoms with Crippen molar-refractivity contribution in [2.45, 2.75) is 50.1 Å². The number of piperidine rings is 1. The van der Waals surface area contributed by atoms with Gasteiger partial charge >= 0.3 is 0 Å². The minimum absolute atomic E-state index is 0.480. The number of nitrogens with zero attached hydrogens (tertiary/aromatic N) is 1. The third kappa shape index (κ3) is 1.21. The van der Waals surface area contributed by atoms with E-state index in [0.29, 0.717) is 11.6 Å². The van der Waals surface area contributed by atoms with Crippen LogP contribution in [0.1, 0.15) is 38.5 Å². The van der Waals surface area contributed by atoms with E-state index in [0.717, 1.165) is 12.5 Å². The first-order chi connectivity index (χ1) is 6.87. The summed E-state index contributed by atoms with van der Waals surface area (Å²) in [4.78, 5) is 5.95. The number of halogens is 1.